The molecule has 2 aliphatic heterocycles. The zero-order valence-corrected chi connectivity index (χ0v) is 23.5. The molecule has 1 saturated heterocycles. The van der Waals surface area contributed by atoms with E-state index in [1.807, 2.05) is 0 Å². The number of nitrogens with zero attached hydrogens (tertiary/aromatic N) is 3. The topological polar surface area (TPSA) is 104 Å². The minimum absolute atomic E-state index is 0.0252. The number of carbonyl (C=O) groups excluding carboxylic acids is 1. The summed E-state index contributed by atoms with van der Waals surface area (Å²) in [4.78, 5) is 17.6. The van der Waals surface area contributed by atoms with Crippen molar-refractivity contribution in [3.05, 3.63) is 64.2 Å². The van der Waals surface area contributed by atoms with Gasteiger partial charge in [-0.05, 0) is 68.3 Å². The normalized spacial score (nSPS) is 17.3. The predicted molar refractivity (Wildman–Crippen MR) is 147 cm³/mol. The molecule has 12 heteroatoms. The molecule has 8 nitrogen and oxygen atoms in total. The van der Waals surface area contributed by atoms with Gasteiger partial charge in [0.25, 0.3) is 5.91 Å². The first-order chi connectivity index (χ1) is 19.1. The van der Waals surface area contributed by atoms with Gasteiger partial charge in [0.2, 0.25) is 0 Å². The number of fused-ring (bicyclic) bond motifs is 1. The molecule has 41 heavy (non-hydrogen) atoms. The summed E-state index contributed by atoms with van der Waals surface area (Å²) in [6, 6.07) is 8.96. The summed E-state index contributed by atoms with van der Waals surface area (Å²) < 4.78 is 63.5. The maximum atomic E-state index is 15.6. The van der Waals surface area contributed by atoms with Crippen molar-refractivity contribution < 1.29 is 32.2 Å². The van der Waals surface area contributed by atoms with Crippen LogP contribution in [0.4, 0.5) is 23.2 Å². The van der Waals surface area contributed by atoms with Crippen molar-refractivity contribution in [1.29, 1.82) is 10.8 Å². The summed E-state index contributed by atoms with van der Waals surface area (Å²) in [5.41, 5.74) is -2.07. The van der Waals surface area contributed by atoms with E-state index in [1.165, 1.54) is 18.0 Å². The quantitative estimate of drug-likeness (QED) is 0.218. The van der Waals surface area contributed by atoms with Gasteiger partial charge >= 0.3 is 6.18 Å². The highest BCUT2D eigenvalue weighted by Crippen LogP contribution is 2.42. The third-order valence-corrected chi connectivity index (χ3v) is 7.72. The van der Waals surface area contributed by atoms with Crippen LogP contribution in [-0.2, 0) is 29.4 Å². The molecule has 0 saturated carbocycles. The lowest BCUT2D eigenvalue weighted by molar-refractivity contribution is -0.138. The molecule has 1 fully saturated rings. The molecule has 2 heterocycles. The van der Waals surface area contributed by atoms with Gasteiger partial charge in [0.1, 0.15) is 5.84 Å². The van der Waals surface area contributed by atoms with Crippen molar-refractivity contribution in [3.8, 4) is 0 Å². The maximum absolute atomic E-state index is 15.6. The van der Waals surface area contributed by atoms with Crippen LogP contribution >= 0.6 is 0 Å². The van der Waals surface area contributed by atoms with E-state index < -0.39 is 40.7 Å². The number of aliphatic hydroxyl groups is 1. The molecule has 4 rings (SSSR count). The van der Waals surface area contributed by atoms with Gasteiger partial charge in [-0.1, -0.05) is 12.1 Å². The number of amides is 1. The minimum atomic E-state index is -4.68. The smallest absolute Gasteiger partial charge is 0.390 e. The Morgan fingerprint density at radius 2 is 1.90 bits per heavy atom. The van der Waals surface area contributed by atoms with Crippen molar-refractivity contribution >= 4 is 23.8 Å². The Balaban J connectivity index is 1.65. The first kappa shape index (κ1) is 30.6. The molecule has 0 aliphatic carbocycles. The third-order valence-electron chi connectivity index (χ3n) is 7.72. The number of benzene rings is 2. The van der Waals surface area contributed by atoms with Crippen molar-refractivity contribution in [1.82, 2.24) is 9.80 Å². The highest BCUT2D eigenvalue weighted by molar-refractivity contribution is 6.10. The number of anilines is 1. The summed E-state index contributed by atoms with van der Waals surface area (Å²) in [5, 5.41) is 25.5. The number of hydrogen-bond donors (Lipinski definition) is 3. The first-order valence-corrected chi connectivity index (χ1v) is 13.2. The lowest BCUT2D eigenvalue weighted by atomic mass is 9.73. The van der Waals surface area contributed by atoms with Gasteiger partial charge in [-0.25, -0.2) is 4.39 Å². The molecule has 0 spiro atoms. The number of hydrogen-bond acceptors (Lipinski definition) is 6. The van der Waals surface area contributed by atoms with E-state index in [1.54, 1.807) is 50.1 Å². The summed E-state index contributed by atoms with van der Waals surface area (Å²) >= 11 is 0. The standard InChI is InChI=1S/C29H35F4N5O3/c1-27(2,40)8-9-36(3)13-18-10-21-22(23(11-18)29(31,32)33)14-38(26(21)39)20-7-5-6-19(12-20)28(15-41-16-28)24(30)25(35)37(4)17-34/h5-7,10-12,17,24,34-35,40H,8-9,13-16H2,1-4H3. The fraction of sp³-hybridized carbons (Fsp3) is 0.483. The Kier molecular flexibility index (Phi) is 8.32. The summed E-state index contributed by atoms with van der Waals surface area (Å²) in [5.74, 6) is -1.01. The van der Waals surface area contributed by atoms with Crippen LogP contribution in [-0.4, -0.2) is 78.6 Å². The van der Waals surface area contributed by atoms with E-state index in [0.29, 0.717) is 29.8 Å². The molecule has 222 valence electrons. The number of alkyl halides is 4. The van der Waals surface area contributed by atoms with Gasteiger partial charge in [0, 0.05) is 31.4 Å². The highest BCUT2D eigenvalue weighted by Gasteiger charge is 2.51. The van der Waals surface area contributed by atoms with Crippen LogP contribution in [0.5, 0.6) is 0 Å². The lowest BCUT2D eigenvalue weighted by Crippen LogP contribution is -2.58. The summed E-state index contributed by atoms with van der Waals surface area (Å²) in [7, 11) is 3.13. The Labute approximate surface area is 236 Å². The molecule has 0 bridgehead atoms. The molecule has 1 amide bonds. The van der Waals surface area contributed by atoms with Gasteiger partial charge in [-0.2, -0.15) is 13.2 Å². The van der Waals surface area contributed by atoms with E-state index >= 15 is 4.39 Å². The molecular weight excluding hydrogens is 542 g/mol. The molecule has 3 N–H and O–H groups in total. The SMILES string of the molecule is CN(CCC(C)(C)O)Cc1cc2c(c(C(F)(F)F)c1)CN(c1cccc(C3(C(F)C(=N)N(C)C=N)COC3)c1)C2=O. The molecule has 2 aliphatic rings. The fourth-order valence-corrected chi connectivity index (χ4v) is 5.15. The Hall–Kier alpha value is -3.35. The van der Waals surface area contributed by atoms with Crippen LogP contribution in [0, 0.1) is 10.8 Å². The van der Waals surface area contributed by atoms with Crippen molar-refractivity contribution in [2.45, 2.75) is 56.7 Å². The average Bonchev–Trinajstić information content (AvgIpc) is 3.20. The number of amidine groups is 1. The second-order valence-electron chi connectivity index (χ2n) is 11.5. The second-order valence-corrected chi connectivity index (χ2v) is 11.5. The zero-order chi connectivity index (χ0) is 30.3. The van der Waals surface area contributed by atoms with Gasteiger partial charge in [-0.3, -0.25) is 15.6 Å². The Morgan fingerprint density at radius 3 is 2.46 bits per heavy atom. The number of nitrogens with one attached hydrogen (secondary N) is 2. The predicted octanol–water partition coefficient (Wildman–Crippen LogP) is 4.58. The number of ether oxygens (including phenoxy) is 1. The van der Waals surface area contributed by atoms with Crippen molar-refractivity contribution in [2.75, 3.05) is 38.8 Å². The van der Waals surface area contributed by atoms with Gasteiger partial charge in [0.05, 0.1) is 42.7 Å². The van der Waals surface area contributed by atoms with E-state index in [-0.39, 0.29) is 37.4 Å². The van der Waals surface area contributed by atoms with Crippen LogP contribution in [0.15, 0.2) is 36.4 Å². The monoisotopic (exact) mass is 577 g/mol. The van der Waals surface area contributed by atoms with Gasteiger partial charge in [-0.15, -0.1) is 0 Å². The fourth-order valence-electron chi connectivity index (χ4n) is 5.15. The molecule has 1 unspecified atom stereocenters. The van der Waals surface area contributed by atoms with Crippen LogP contribution in [0.25, 0.3) is 0 Å². The summed E-state index contributed by atoms with van der Waals surface area (Å²) in [6.07, 6.45) is -5.24. The lowest BCUT2D eigenvalue weighted by Gasteiger charge is -2.45. The molecular formula is C29H35F4N5O3. The number of rotatable bonds is 10. The van der Waals surface area contributed by atoms with E-state index in [0.717, 1.165) is 17.3 Å². The molecule has 2 aromatic carbocycles. The van der Waals surface area contributed by atoms with Crippen LogP contribution in [0.1, 0.15) is 52.9 Å². The minimum Gasteiger partial charge on any atom is -0.390 e. The maximum Gasteiger partial charge on any atom is 0.416 e. The Morgan fingerprint density at radius 1 is 1.22 bits per heavy atom. The summed E-state index contributed by atoms with van der Waals surface area (Å²) in [6.45, 7) is 3.58. The van der Waals surface area contributed by atoms with Crippen LogP contribution in [0.2, 0.25) is 0 Å². The Bertz CT molecular complexity index is 1340. The molecule has 0 aromatic heterocycles. The largest absolute Gasteiger partial charge is 0.416 e. The molecule has 2 aromatic rings. The molecule has 0 radical (unpaired) electrons. The molecule has 1 atom stereocenters. The van der Waals surface area contributed by atoms with Crippen molar-refractivity contribution in [3.63, 3.8) is 0 Å². The highest BCUT2D eigenvalue weighted by atomic mass is 19.4. The zero-order valence-electron chi connectivity index (χ0n) is 23.5. The first-order valence-electron chi connectivity index (χ1n) is 13.2. The van der Waals surface area contributed by atoms with Crippen LogP contribution in [0.3, 0.4) is 0 Å². The average molecular weight is 578 g/mol. The number of halogens is 4. The van der Waals surface area contributed by atoms with Gasteiger partial charge < -0.3 is 24.5 Å². The van der Waals surface area contributed by atoms with Crippen molar-refractivity contribution in [2.24, 2.45) is 0 Å². The van der Waals surface area contributed by atoms with Gasteiger partial charge in [0.15, 0.2) is 6.17 Å². The van der Waals surface area contributed by atoms with Crippen LogP contribution < -0.4 is 4.90 Å². The second kappa shape index (κ2) is 11.1. The van der Waals surface area contributed by atoms with E-state index in [9.17, 15) is 23.1 Å². The van der Waals surface area contributed by atoms with E-state index in [4.69, 9.17) is 15.6 Å². The number of carbonyl (C=O) groups is 1. The third kappa shape index (κ3) is 6.14. The van der Waals surface area contributed by atoms with E-state index in [2.05, 4.69) is 0 Å².